The van der Waals surface area contributed by atoms with Crippen LogP contribution >= 0.6 is 11.6 Å². The van der Waals surface area contributed by atoms with Crippen LogP contribution in [0.15, 0.2) is 18.2 Å². The van der Waals surface area contributed by atoms with Gasteiger partial charge in [0, 0.05) is 11.1 Å². The summed E-state index contributed by atoms with van der Waals surface area (Å²) in [6.45, 7) is 5.70. The third-order valence-corrected chi connectivity index (χ3v) is 2.87. The second kappa shape index (κ2) is 6.15. The first-order valence-electron chi connectivity index (χ1n) is 5.96. The van der Waals surface area contributed by atoms with Gasteiger partial charge in [0.15, 0.2) is 0 Å². The van der Waals surface area contributed by atoms with E-state index in [9.17, 15) is 4.79 Å². The molecule has 0 radical (unpaired) electrons. The smallest absolute Gasteiger partial charge is 0.243 e. The molecule has 5 heteroatoms. The van der Waals surface area contributed by atoms with Gasteiger partial charge in [0.25, 0.3) is 0 Å². The Bertz CT molecular complexity index is 454. The number of hydrogen-bond donors (Lipinski definition) is 1. The number of amides is 1. The third-order valence-electron chi connectivity index (χ3n) is 2.44. The molecule has 1 aromatic rings. The van der Waals surface area contributed by atoms with Gasteiger partial charge in [-0.3, -0.25) is 4.79 Å². The normalized spacial score (nSPS) is 12.7. The van der Waals surface area contributed by atoms with Crippen molar-refractivity contribution in [1.29, 1.82) is 0 Å². The number of nitrogens with one attached hydrogen (secondary N) is 1. The topological polar surface area (TPSA) is 47.6 Å². The molecule has 1 amide bonds. The second-order valence-corrected chi connectivity index (χ2v) is 5.65. The number of benzene rings is 1. The lowest BCUT2D eigenvalue weighted by Crippen LogP contribution is -2.42. The van der Waals surface area contributed by atoms with Gasteiger partial charge in [-0.05, 0) is 39.0 Å². The number of carbonyl (C=O) groups is 1. The maximum absolute atomic E-state index is 12.1. The molecule has 0 aliphatic heterocycles. The second-order valence-electron chi connectivity index (χ2n) is 5.21. The van der Waals surface area contributed by atoms with Crippen LogP contribution in [0.4, 0.5) is 0 Å². The Labute approximate surface area is 119 Å². The molecular weight excluding hydrogens is 266 g/mol. The lowest BCUT2D eigenvalue weighted by Gasteiger charge is -2.23. The summed E-state index contributed by atoms with van der Waals surface area (Å²) in [5.74, 6) is 0.926. The van der Waals surface area contributed by atoms with Gasteiger partial charge >= 0.3 is 0 Å². The molecule has 0 saturated heterocycles. The molecule has 1 N–H and O–H groups in total. The molecular formula is C14H20ClNO3. The highest BCUT2D eigenvalue weighted by atomic mass is 35.5. The molecule has 0 aliphatic carbocycles. The van der Waals surface area contributed by atoms with Gasteiger partial charge < -0.3 is 14.8 Å². The lowest BCUT2D eigenvalue weighted by molar-refractivity contribution is -0.122. The summed E-state index contributed by atoms with van der Waals surface area (Å²) in [6, 6.07) is 5.19. The van der Waals surface area contributed by atoms with E-state index in [1.165, 1.54) is 7.11 Å². The van der Waals surface area contributed by atoms with Gasteiger partial charge in [0.05, 0.1) is 14.2 Å². The van der Waals surface area contributed by atoms with Gasteiger partial charge in [-0.2, -0.15) is 0 Å². The van der Waals surface area contributed by atoms with Gasteiger partial charge in [0.1, 0.15) is 16.9 Å². The molecule has 0 fully saturated rings. The van der Waals surface area contributed by atoms with Crippen molar-refractivity contribution < 1.29 is 14.3 Å². The van der Waals surface area contributed by atoms with Crippen LogP contribution < -0.4 is 14.8 Å². The summed E-state index contributed by atoms with van der Waals surface area (Å²) in [5.41, 5.74) is 0.251. The van der Waals surface area contributed by atoms with Crippen molar-refractivity contribution in [2.24, 2.45) is 0 Å². The Hall–Kier alpha value is -1.42. The summed E-state index contributed by atoms with van der Waals surface area (Å²) in [4.78, 5) is 12.1. The van der Waals surface area contributed by atoms with Crippen LogP contribution in [0.1, 0.15) is 31.7 Å². The van der Waals surface area contributed by atoms with Crippen molar-refractivity contribution in [3.63, 3.8) is 0 Å². The van der Waals surface area contributed by atoms with E-state index in [0.717, 1.165) is 0 Å². The first-order valence-corrected chi connectivity index (χ1v) is 6.40. The molecule has 0 bridgehead atoms. The van der Waals surface area contributed by atoms with Crippen molar-refractivity contribution in [2.45, 2.75) is 31.7 Å². The third kappa shape index (κ3) is 4.31. The largest absolute Gasteiger partial charge is 0.497 e. The van der Waals surface area contributed by atoms with Crippen LogP contribution in [0.3, 0.4) is 0 Å². The van der Waals surface area contributed by atoms with E-state index in [1.54, 1.807) is 25.3 Å². The summed E-state index contributed by atoms with van der Waals surface area (Å²) in [5, 5.41) is 2.01. The van der Waals surface area contributed by atoms with Crippen molar-refractivity contribution in [2.75, 3.05) is 14.2 Å². The summed E-state index contributed by atoms with van der Waals surface area (Å²) in [7, 11) is 3.10. The maximum atomic E-state index is 12.1. The molecule has 19 heavy (non-hydrogen) atoms. The van der Waals surface area contributed by atoms with Crippen LogP contribution in [0.2, 0.25) is 0 Å². The number of hydrogen-bond acceptors (Lipinski definition) is 3. The van der Waals surface area contributed by atoms with Gasteiger partial charge in [0.2, 0.25) is 5.91 Å². The zero-order valence-corrected chi connectivity index (χ0v) is 12.7. The van der Waals surface area contributed by atoms with Crippen LogP contribution in [0.5, 0.6) is 11.5 Å². The molecule has 1 aromatic carbocycles. The van der Waals surface area contributed by atoms with Gasteiger partial charge in [-0.25, -0.2) is 0 Å². The van der Waals surface area contributed by atoms with E-state index in [2.05, 4.69) is 5.32 Å². The van der Waals surface area contributed by atoms with E-state index < -0.39 is 5.38 Å². The van der Waals surface area contributed by atoms with Gasteiger partial charge in [-0.15, -0.1) is 11.6 Å². The molecule has 106 valence electrons. The fourth-order valence-electron chi connectivity index (χ4n) is 1.61. The molecule has 0 aromatic heterocycles. The Morgan fingerprint density at radius 1 is 1.26 bits per heavy atom. The first kappa shape index (κ1) is 15.6. The van der Waals surface area contributed by atoms with E-state index in [4.69, 9.17) is 21.1 Å². The standard InChI is InChI=1S/C14H20ClNO3/c1-14(2,3)16-13(17)12(15)10-8-9(18-4)6-7-11(10)19-5/h6-8,12H,1-5H3,(H,16,17). The fraction of sp³-hybridized carbons (Fsp3) is 0.500. The number of alkyl halides is 1. The first-order chi connectivity index (χ1) is 8.78. The number of halogens is 1. The Morgan fingerprint density at radius 2 is 1.89 bits per heavy atom. The Kier molecular flexibility index (Phi) is 5.06. The van der Waals surface area contributed by atoms with Crippen LogP contribution in [-0.4, -0.2) is 25.7 Å². The minimum absolute atomic E-state index is 0.263. The number of carbonyl (C=O) groups excluding carboxylic acids is 1. The van der Waals surface area contributed by atoms with Crippen molar-refractivity contribution in [1.82, 2.24) is 5.32 Å². The van der Waals surface area contributed by atoms with Gasteiger partial charge in [-0.1, -0.05) is 0 Å². The molecule has 1 atom stereocenters. The Balaban J connectivity index is 3.03. The number of rotatable bonds is 4. The average Bonchev–Trinajstić information content (AvgIpc) is 2.35. The van der Waals surface area contributed by atoms with Crippen LogP contribution in [0.25, 0.3) is 0 Å². The zero-order valence-electron chi connectivity index (χ0n) is 11.9. The highest BCUT2D eigenvalue weighted by molar-refractivity contribution is 6.31. The van der Waals surface area contributed by atoms with E-state index in [-0.39, 0.29) is 11.4 Å². The minimum Gasteiger partial charge on any atom is -0.497 e. The molecule has 1 unspecified atom stereocenters. The number of methoxy groups -OCH3 is 2. The molecule has 4 nitrogen and oxygen atoms in total. The van der Waals surface area contributed by atoms with E-state index in [0.29, 0.717) is 17.1 Å². The summed E-state index contributed by atoms with van der Waals surface area (Å²) >= 11 is 6.23. The maximum Gasteiger partial charge on any atom is 0.243 e. The van der Waals surface area contributed by atoms with Crippen molar-refractivity contribution in [3.8, 4) is 11.5 Å². The van der Waals surface area contributed by atoms with Crippen LogP contribution in [-0.2, 0) is 4.79 Å². The molecule has 1 rings (SSSR count). The molecule has 0 aliphatic rings. The van der Waals surface area contributed by atoms with Crippen molar-refractivity contribution in [3.05, 3.63) is 23.8 Å². The van der Waals surface area contributed by atoms with E-state index in [1.807, 2.05) is 20.8 Å². The summed E-state index contributed by atoms with van der Waals surface area (Å²) in [6.07, 6.45) is 0. The number of ether oxygens (including phenoxy) is 2. The van der Waals surface area contributed by atoms with Crippen molar-refractivity contribution >= 4 is 17.5 Å². The fourth-order valence-corrected chi connectivity index (χ4v) is 1.84. The van der Waals surface area contributed by atoms with Crippen LogP contribution in [0, 0.1) is 0 Å². The highest BCUT2D eigenvalue weighted by Gasteiger charge is 2.25. The predicted octanol–water partition coefficient (Wildman–Crippen LogP) is 2.90. The zero-order chi connectivity index (χ0) is 14.6. The molecule has 0 heterocycles. The average molecular weight is 286 g/mol. The summed E-state index contributed by atoms with van der Waals surface area (Å²) < 4.78 is 10.4. The van der Waals surface area contributed by atoms with E-state index >= 15 is 0 Å². The monoisotopic (exact) mass is 285 g/mol. The predicted molar refractivity (Wildman–Crippen MR) is 76.0 cm³/mol. The minimum atomic E-state index is -0.829. The highest BCUT2D eigenvalue weighted by Crippen LogP contribution is 2.33. The lowest BCUT2D eigenvalue weighted by atomic mass is 10.1. The molecule has 0 saturated carbocycles. The SMILES string of the molecule is COc1ccc(OC)c(C(Cl)C(=O)NC(C)(C)C)c1. The quantitative estimate of drug-likeness (QED) is 0.866. The Morgan fingerprint density at radius 3 is 2.37 bits per heavy atom. The molecule has 0 spiro atoms.